The molecule has 8 nitrogen and oxygen atoms in total. The van der Waals surface area contributed by atoms with E-state index in [4.69, 9.17) is 4.74 Å². The molecule has 0 fully saturated rings. The van der Waals surface area contributed by atoms with Crippen molar-refractivity contribution in [1.29, 1.82) is 0 Å². The highest BCUT2D eigenvalue weighted by Gasteiger charge is 2.12. The number of anilines is 2. The summed E-state index contributed by atoms with van der Waals surface area (Å²) in [6, 6.07) is 11.1. The van der Waals surface area contributed by atoms with Gasteiger partial charge in [-0.3, -0.25) is 14.9 Å². The van der Waals surface area contributed by atoms with Gasteiger partial charge in [0.2, 0.25) is 5.91 Å². The van der Waals surface area contributed by atoms with E-state index in [1.54, 1.807) is 43.3 Å². The van der Waals surface area contributed by atoms with E-state index in [1.165, 1.54) is 6.07 Å². The quantitative estimate of drug-likeness (QED) is 0.417. The molecule has 0 aliphatic rings. The average molecular weight is 371 g/mol. The number of rotatable bonds is 8. The number of hydrogen-bond acceptors (Lipinski definition) is 6. The van der Waals surface area contributed by atoms with E-state index in [0.717, 1.165) is 6.42 Å². The molecule has 0 aliphatic heterocycles. The molecule has 0 aliphatic carbocycles. The van der Waals surface area contributed by atoms with Crippen molar-refractivity contribution in [3.8, 4) is 0 Å². The maximum Gasteiger partial charge on any atom is 0.338 e. The van der Waals surface area contributed by atoms with Crippen molar-refractivity contribution in [3.63, 3.8) is 0 Å². The number of amides is 1. The molecule has 0 atom stereocenters. The van der Waals surface area contributed by atoms with E-state index in [9.17, 15) is 19.7 Å². The molecule has 8 heteroatoms. The second-order valence-electron chi connectivity index (χ2n) is 5.87. The average Bonchev–Trinajstić information content (AvgIpc) is 2.66. The van der Waals surface area contributed by atoms with Gasteiger partial charge in [0, 0.05) is 23.0 Å². The first-order valence-electron chi connectivity index (χ1n) is 8.46. The van der Waals surface area contributed by atoms with Gasteiger partial charge < -0.3 is 15.4 Å². The van der Waals surface area contributed by atoms with Crippen molar-refractivity contribution in [2.45, 2.75) is 20.3 Å². The Balaban J connectivity index is 1.89. The molecule has 0 aromatic heterocycles. The number of aryl methyl sites for hydroxylation is 1. The minimum absolute atomic E-state index is 0.0265. The maximum atomic E-state index is 12.0. The third-order valence-electron chi connectivity index (χ3n) is 3.70. The van der Waals surface area contributed by atoms with E-state index in [2.05, 4.69) is 10.6 Å². The molecule has 1 amide bonds. The molecular weight excluding hydrogens is 350 g/mol. The minimum Gasteiger partial charge on any atom is -0.462 e. The van der Waals surface area contributed by atoms with E-state index in [-0.39, 0.29) is 24.1 Å². The van der Waals surface area contributed by atoms with E-state index in [0.29, 0.717) is 29.1 Å². The number of carbonyl (C=O) groups is 2. The summed E-state index contributed by atoms with van der Waals surface area (Å²) in [5.41, 5.74) is 1.92. The van der Waals surface area contributed by atoms with Gasteiger partial charge in [-0.1, -0.05) is 13.0 Å². The molecular formula is C19H21N3O5. The number of nitrogens with one attached hydrogen (secondary N) is 2. The molecule has 2 N–H and O–H groups in total. The Hall–Kier alpha value is -3.42. The van der Waals surface area contributed by atoms with Crippen molar-refractivity contribution < 1.29 is 19.2 Å². The highest BCUT2D eigenvalue weighted by atomic mass is 16.6. The van der Waals surface area contributed by atoms with Crippen molar-refractivity contribution in [1.82, 2.24) is 0 Å². The summed E-state index contributed by atoms with van der Waals surface area (Å²) < 4.78 is 5.05. The number of nitrogens with zero attached hydrogens (tertiary/aromatic N) is 1. The number of carbonyl (C=O) groups excluding carboxylic acids is 2. The molecule has 0 saturated carbocycles. The third-order valence-corrected chi connectivity index (χ3v) is 3.70. The first kappa shape index (κ1) is 19.9. The Morgan fingerprint density at radius 1 is 1.11 bits per heavy atom. The summed E-state index contributed by atoms with van der Waals surface area (Å²) in [4.78, 5) is 34.2. The van der Waals surface area contributed by atoms with Gasteiger partial charge in [0.25, 0.3) is 5.69 Å². The molecule has 0 spiro atoms. The Labute approximate surface area is 156 Å². The molecule has 0 heterocycles. The monoisotopic (exact) mass is 371 g/mol. The van der Waals surface area contributed by atoms with Crippen molar-refractivity contribution in [2.75, 3.05) is 23.8 Å². The van der Waals surface area contributed by atoms with Gasteiger partial charge in [0.1, 0.15) is 0 Å². The Bertz CT molecular complexity index is 834. The number of ether oxygens (including phenoxy) is 1. The molecule has 0 radical (unpaired) electrons. The van der Waals surface area contributed by atoms with Crippen molar-refractivity contribution in [3.05, 3.63) is 63.7 Å². The van der Waals surface area contributed by atoms with Gasteiger partial charge in [0.05, 0.1) is 23.6 Å². The highest BCUT2D eigenvalue weighted by Crippen LogP contribution is 2.22. The van der Waals surface area contributed by atoms with Gasteiger partial charge in [-0.05, 0) is 43.7 Å². The third kappa shape index (κ3) is 5.81. The first-order chi connectivity index (χ1) is 12.9. The number of benzene rings is 2. The SMILES string of the molecule is CCCOC(=O)c1ccc(NCC(=O)Nc2ccc(C)c([N+](=O)[O-])c2)cc1. The number of hydrogen-bond donors (Lipinski definition) is 2. The van der Waals surface area contributed by atoms with Crippen LogP contribution in [0.5, 0.6) is 0 Å². The zero-order valence-corrected chi connectivity index (χ0v) is 15.2. The van der Waals surface area contributed by atoms with E-state index >= 15 is 0 Å². The van der Waals surface area contributed by atoms with Crippen LogP contribution < -0.4 is 10.6 Å². The van der Waals surface area contributed by atoms with E-state index < -0.39 is 4.92 Å². The van der Waals surface area contributed by atoms with Crippen LogP contribution in [0.1, 0.15) is 29.3 Å². The van der Waals surface area contributed by atoms with Crippen LogP contribution in [0.2, 0.25) is 0 Å². The fraction of sp³-hybridized carbons (Fsp3) is 0.263. The lowest BCUT2D eigenvalue weighted by molar-refractivity contribution is -0.385. The Morgan fingerprint density at radius 2 is 1.78 bits per heavy atom. The molecule has 27 heavy (non-hydrogen) atoms. The fourth-order valence-electron chi connectivity index (χ4n) is 2.27. The topological polar surface area (TPSA) is 111 Å². The second kappa shape index (κ2) is 9.33. The molecule has 142 valence electrons. The molecule has 2 aromatic carbocycles. The van der Waals surface area contributed by atoms with Crippen molar-refractivity contribution >= 4 is 28.9 Å². The number of esters is 1. The zero-order chi connectivity index (χ0) is 19.8. The molecule has 0 bridgehead atoms. The molecule has 2 aromatic rings. The second-order valence-corrected chi connectivity index (χ2v) is 5.87. The van der Waals surface area contributed by atoms with Gasteiger partial charge in [-0.25, -0.2) is 4.79 Å². The minimum atomic E-state index is -0.490. The van der Waals surface area contributed by atoms with E-state index in [1.807, 2.05) is 6.92 Å². The van der Waals surface area contributed by atoms with Crippen LogP contribution in [-0.4, -0.2) is 30.0 Å². The maximum absolute atomic E-state index is 12.0. The summed E-state index contributed by atoms with van der Waals surface area (Å²) in [5.74, 6) is -0.735. The molecule has 2 rings (SSSR count). The largest absolute Gasteiger partial charge is 0.462 e. The number of nitro groups is 1. The van der Waals surface area contributed by atoms with Gasteiger partial charge >= 0.3 is 5.97 Å². The lowest BCUT2D eigenvalue weighted by Gasteiger charge is -2.09. The zero-order valence-electron chi connectivity index (χ0n) is 15.2. The predicted octanol–water partition coefficient (Wildman–Crippen LogP) is 3.52. The van der Waals surface area contributed by atoms with Crippen LogP contribution in [0.25, 0.3) is 0 Å². The van der Waals surface area contributed by atoms with Gasteiger partial charge in [-0.15, -0.1) is 0 Å². The number of nitro benzene ring substituents is 1. The summed E-state index contributed by atoms with van der Waals surface area (Å²) in [6.45, 7) is 3.89. The van der Waals surface area contributed by atoms with Crippen LogP contribution in [0, 0.1) is 17.0 Å². The van der Waals surface area contributed by atoms with Crippen LogP contribution in [0.3, 0.4) is 0 Å². The molecule has 0 unspecified atom stereocenters. The predicted molar refractivity (Wildman–Crippen MR) is 102 cm³/mol. The fourth-order valence-corrected chi connectivity index (χ4v) is 2.27. The van der Waals surface area contributed by atoms with Gasteiger partial charge in [-0.2, -0.15) is 0 Å². The summed E-state index contributed by atoms with van der Waals surface area (Å²) in [5, 5.41) is 16.5. The lowest BCUT2D eigenvalue weighted by Crippen LogP contribution is -2.21. The summed E-state index contributed by atoms with van der Waals surface area (Å²) >= 11 is 0. The van der Waals surface area contributed by atoms with Crippen molar-refractivity contribution in [2.24, 2.45) is 0 Å². The normalized spacial score (nSPS) is 10.1. The van der Waals surface area contributed by atoms with Crippen LogP contribution in [0.15, 0.2) is 42.5 Å². The smallest absolute Gasteiger partial charge is 0.338 e. The standard InChI is InChI=1S/C19H21N3O5/c1-3-10-27-19(24)14-5-8-15(9-6-14)20-12-18(23)21-16-7-4-13(2)17(11-16)22(25)26/h4-9,11,20H,3,10,12H2,1-2H3,(H,21,23). The summed E-state index contributed by atoms with van der Waals surface area (Å²) in [7, 11) is 0. The van der Waals surface area contributed by atoms with Gasteiger partial charge in [0.15, 0.2) is 0 Å². The lowest BCUT2D eigenvalue weighted by atomic mass is 10.2. The van der Waals surface area contributed by atoms with Crippen LogP contribution in [-0.2, 0) is 9.53 Å². The van der Waals surface area contributed by atoms with Crippen LogP contribution >= 0.6 is 0 Å². The molecule has 0 saturated heterocycles. The Morgan fingerprint density at radius 3 is 2.41 bits per heavy atom. The Kier molecular flexibility index (Phi) is 6.87. The van der Waals surface area contributed by atoms with Crippen LogP contribution in [0.4, 0.5) is 17.1 Å². The highest BCUT2D eigenvalue weighted by molar-refractivity contribution is 5.94. The first-order valence-corrected chi connectivity index (χ1v) is 8.46. The summed E-state index contributed by atoms with van der Waals surface area (Å²) in [6.07, 6.45) is 0.755.